The van der Waals surface area contributed by atoms with Crippen LogP contribution in [0.1, 0.15) is 39.2 Å². The number of primary amides is 1. The van der Waals surface area contributed by atoms with E-state index in [-0.39, 0.29) is 33.7 Å². The van der Waals surface area contributed by atoms with Crippen molar-refractivity contribution in [2.75, 3.05) is 5.32 Å². The Morgan fingerprint density at radius 3 is 2.50 bits per heavy atom. The Bertz CT molecular complexity index is 1900. The first-order chi connectivity index (χ1) is 19.0. The second-order valence-electron chi connectivity index (χ2n) is 9.37. The third kappa shape index (κ3) is 4.31. The molecule has 0 bridgehead atoms. The van der Waals surface area contributed by atoms with Gasteiger partial charge in [-0.2, -0.15) is 4.74 Å². The molecule has 4 N–H and O–H groups in total. The monoisotopic (exact) mass is 543 g/mol. The van der Waals surface area contributed by atoms with Gasteiger partial charge in [0, 0.05) is 47.1 Å². The van der Waals surface area contributed by atoms with Crippen LogP contribution in [0.2, 0.25) is 0 Å². The lowest BCUT2D eigenvalue weighted by Gasteiger charge is -2.13. The molecule has 2 aromatic carbocycles. The van der Waals surface area contributed by atoms with Gasteiger partial charge in [-0.05, 0) is 63.2 Å². The molecule has 0 atom stereocenters. The van der Waals surface area contributed by atoms with Crippen molar-refractivity contribution in [1.29, 1.82) is 0 Å². The normalized spacial score (nSPS) is 11.2. The summed E-state index contributed by atoms with van der Waals surface area (Å²) in [6.07, 6.45) is 0. The van der Waals surface area contributed by atoms with Crippen molar-refractivity contribution in [3.8, 4) is 28.1 Å². The molecule has 3 aromatic heterocycles. The molecule has 0 aliphatic carbocycles. The maximum absolute atomic E-state index is 15.7. The molecule has 3 heterocycles. The van der Waals surface area contributed by atoms with Crippen molar-refractivity contribution in [2.45, 2.75) is 27.3 Å². The summed E-state index contributed by atoms with van der Waals surface area (Å²) in [7, 11) is 1.43. The van der Waals surface area contributed by atoms with Crippen LogP contribution in [0.4, 0.5) is 10.1 Å². The van der Waals surface area contributed by atoms with E-state index in [1.165, 1.54) is 31.3 Å². The Morgan fingerprint density at radius 1 is 1.12 bits per heavy atom. The van der Waals surface area contributed by atoms with E-state index in [0.29, 0.717) is 34.5 Å². The van der Waals surface area contributed by atoms with E-state index in [0.717, 1.165) is 4.74 Å². The highest BCUT2D eigenvalue weighted by molar-refractivity contribution is 6.12. The quantitative estimate of drug-likeness (QED) is 0.288. The lowest BCUT2D eigenvalue weighted by atomic mass is 10.0. The van der Waals surface area contributed by atoms with Gasteiger partial charge < -0.3 is 25.2 Å². The number of halogens is 1. The van der Waals surface area contributed by atoms with Gasteiger partial charge >= 0.3 is 0 Å². The number of carbonyl (C=O) groups excluding carboxylic acids is 2. The minimum Gasteiger partial charge on any atom is -0.504 e. The smallest absolute Gasteiger partial charge is 0.290 e. The molecule has 204 valence electrons. The van der Waals surface area contributed by atoms with Crippen LogP contribution >= 0.6 is 0 Å². The molecule has 0 fully saturated rings. The number of fused-ring (bicyclic) bond motifs is 1. The molecule has 0 radical (unpaired) electrons. The van der Waals surface area contributed by atoms with E-state index >= 15 is 4.39 Å². The summed E-state index contributed by atoms with van der Waals surface area (Å²) in [5, 5.41) is 14.2. The molecule has 0 aliphatic rings. The summed E-state index contributed by atoms with van der Waals surface area (Å²) in [6.45, 7) is 5.49. The number of nitrogens with two attached hydrogens (primary N) is 1. The minimum absolute atomic E-state index is 0.0167. The zero-order chi connectivity index (χ0) is 28.9. The van der Waals surface area contributed by atoms with Crippen LogP contribution in [0.3, 0.4) is 0 Å². The molecule has 0 saturated carbocycles. The number of anilines is 1. The van der Waals surface area contributed by atoms with Crippen molar-refractivity contribution < 1.29 is 23.6 Å². The van der Waals surface area contributed by atoms with Gasteiger partial charge in [0.25, 0.3) is 11.5 Å². The Kier molecular flexibility index (Phi) is 6.50. The number of carbonyl (C=O) groups is 2. The number of aromatic hydroxyl groups is 1. The number of phenols is 1. The maximum atomic E-state index is 15.7. The summed E-state index contributed by atoms with van der Waals surface area (Å²) in [5.41, 5.74) is 7.17. The Morgan fingerprint density at radius 2 is 1.85 bits per heavy atom. The van der Waals surface area contributed by atoms with Gasteiger partial charge in [-0.1, -0.05) is 6.07 Å². The average Bonchev–Trinajstić information content (AvgIpc) is 3.40. The van der Waals surface area contributed by atoms with Crippen LogP contribution in [0.5, 0.6) is 5.75 Å². The van der Waals surface area contributed by atoms with Crippen LogP contribution in [0, 0.1) is 19.7 Å². The van der Waals surface area contributed by atoms with Crippen molar-refractivity contribution in [3.63, 3.8) is 0 Å². The molecule has 40 heavy (non-hydrogen) atoms. The second kappa shape index (κ2) is 9.84. The number of nitrogens with zero attached hydrogens (tertiary/aromatic N) is 3. The van der Waals surface area contributed by atoms with Gasteiger partial charge in [0.2, 0.25) is 5.91 Å². The summed E-state index contributed by atoms with van der Waals surface area (Å²) >= 11 is 0. The van der Waals surface area contributed by atoms with E-state index in [9.17, 15) is 19.5 Å². The first-order valence-electron chi connectivity index (χ1n) is 12.4. The van der Waals surface area contributed by atoms with Crippen LogP contribution < -0.4 is 16.6 Å². The Balaban J connectivity index is 1.64. The summed E-state index contributed by atoms with van der Waals surface area (Å²) < 4.78 is 23.8. The number of benzene rings is 2. The summed E-state index contributed by atoms with van der Waals surface area (Å²) in [5.74, 6) is -2.52. The molecule has 2 amide bonds. The van der Waals surface area contributed by atoms with Crippen LogP contribution in [-0.2, 0) is 13.6 Å². The summed E-state index contributed by atoms with van der Waals surface area (Å²) in [4.78, 5) is 41.9. The van der Waals surface area contributed by atoms with E-state index in [2.05, 4.69) is 10.3 Å². The number of phenolic OH excluding ortho intramolecular Hbond substituents is 1. The number of amides is 2. The SMILES string of the molecule is CCn1c(-c2ccc(-c3c(C)on(C)c3=O)c(O)c2F)cc2cc(C)nc(C(=O)Nc3cccc(C(N)=O)c3)c21. The molecule has 0 aliphatic heterocycles. The molecule has 0 unspecified atom stereocenters. The summed E-state index contributed by atoms with van der Waals surface area (Å²) in [6, 6.07) is 12.7. The number of pyridine rings is 1. The molecule has 0 saturated heterocycles. The number of hydrogen-bond donors (Lipinski definition) is 3. The third-order valence-electron chi connectivity index (χ3n) is 6.73. The lowest BCUT2D eigenvalue weighted by Crippen LogP contribution is -2.17. The highest BCUT2D eigenvalue weighted by Gasteiger charge is 2.25. The predicted octanol–water partition coefficient (Wildman–Crippen LogP) is 4.49. The zero-order valence-corrected chi connectivity index (χ0v) is 22.2. The fourth-order valence-corrected chi connectivity index (χ4v) is 4.95. The highest BCUT2D eigenvalue weighted by Crippen LogP contribution is 2.39. The molecule has 10 nitrogen and oxygen atoms in total. The van der Waals surface area contributed by atoms with Gasteiger partial charge in [-0.15, -0.1) is 0 Å². The third-order valence-corrected chi connectivity index (χ3v) is 6.73. The number of nitrogens with one attached hydrogen (secondary N) is 1. The van der Waals surface area contributed by atoms with Crippen molar-refractivity contribution in [3.05, 3.63) is 87.4 Å². The maximum Gasteiger partial charge on any atom is 0.290 e. The number of hydrogen-bond acceptors (Lipinski definition) is 6. The van der Waals surface area contributed by atoms with Gasteiger partial charge in [0.1, 0.15) is 5.76 Å². The standard InChI is InChI=1S/C29H26FN5O5/c1-5-35-21(19-9-10-20(26(36)23(19)30)22-15(3)40-34(4)29(22)39)13-17-11-14(2)32-24(25(17)35)28(38)33-18-8-6-7-16(12-18)27(31)37/h6-13,36H,5H2,1-4H3,(H2,31,37)(H,33,38). The fraction of sp³-hybridized carbons (Fsp3) is 0.172. The van der Waals surface area contributed by atoms with E-state index in [4.69, 9.17) is 10.3 Å². The molecule has 0 spiro atoms. The van der Waals surface area contributed by atoms with E-state index in [1.54, 1.807) is 42.7 Å². The number of rotatable bonds is 6. The lowest BCUT2D eigenvalue weighted by molar-refractivity contribution is 0.0995. The van der Waals surface area contributed by atoms with Gasteiger partial charge in [0.05, 0.1) is 16.8 Å². The molecule has 11 heteroatoms. The molecule has 5 aromatic rings. The first kappa shape index (κ1) is 26.4. The average molecular weight is 544 g/mol. The van der Waals surface area contributed by atoms with E-state index < -0.39 is 28.9 Å². The zero-order valence-electron chi connectivity index (χ0n) is 22.2. The number of aryl methyl sites for hydroxylation is 4. The van der Waals surface area contributed by atoms with Gasteiger partial charge in [0.15, 0.2) is 17.3 Å². The van der Waals surface area contributed by atoms with E-state index in [1.807, 2.05) is 6.92 Å². The van der Waals surface area contributed by atoms with Crippen molar-refractivity contribution in [2.24, 2.45) is 12.8 Å². The largest absolute Gasteiger partial charge is 0.504 e. The minimum atomic E-state index is -0.920. The van der Waals surface area contributed by atoms with Crippen molar-refractivity contribution >= 4 is 28.4 Å². The molecular weight excluding hydrogens is 517 g/mol. The van der Waals surface area contributed by atoms with Crippen LogP contribution in [0.15, 0.2) is 57.8 Å². The Labute approximate surface area is 227 Å². The van der Waals surface area contributed by atoms with Gasteiger partial charge in [-0.3, -0.25) is 14.4 Å². The highest BCUT2D eigenvalue weighted by atomic mass is 19.1. The first-order valence-corrected chi connectivity index (χ1v) is 12.4. The van der Waals surface area contributed by atoms with Crippen LogP contribution in [0.25, 0.3) is 33.3 Å². The fourth-order valence-electron chi connectivity index (χ4n) is 4.95. The topological polar surface area (TPSA) is 145 Å². The Hall–Kier alpha value is -5.19. The van der Waals surface area contributed by atoms with Crippen molar-refractivity contribution in [1.82, 2.24) is 14.3 Å². The molecular formula is C29H26FN5O5. The van der Waals surface area contributed by atoms with Crippen LogP contribution in [-0.4, -0.2) is 31.2 Å². The second-order valence-corrected chi connectivity index (χ2v) is 9.37. The molecule has 5 rings (SSSR count). The predicted molar refractivity (Wildman–Crippen MR) is 148 cm³/mol. The number of aromatic nitrogens is 3. The van der Waals surface area contributed by atoms with Gasteiger partial charge in [-0.25, -0.2) is 9.37 Å².